The predicted octanol–water partition coefficient (Wildman–Crippen LogP) is 2.47. The van der Waals surface area contributed by atoms with Gasteiger partial charge in [0.25, 0.3) is 0 Å². The lowest BCUT2D eigenvalue weighted by Crippen LogP contribution is -2.32. The van der Waals surface area contributed by atoms with Gasteiger partial charge in [0.2, 0.25) is 10.0 Å². The fraction of sp³-hybridized carbons (Fsp3) is 0.538. The maximum Gasteiger partial charge on any atom is 0.244 e. The molecule has 0 amide bonds. The number of methoxy groups -OCH3 is 1. The highest BCUT2D eigenvalue weighted by Crippen LogP contribution is 2.24. The summed E-state index contributed by atoms with van der Waals surface area (Å²) in [6.45, 7) is 5.75. The van der Waals surface area contributed by atoms with E-state index in [2.05, 4.69) is 4.72 Å². The zero-order valence-electron chi connectivity index (χ0n) is 11.4. The van der Waals surface area contributed by atoms with Crippen LogP contribution in [0.25, 0.3) is 0 Å². The number of aryl methyl sites for hydroxylation is 1. The van der Waals surface area contributed by atoms with Crippen LogP contribution in [0.1, 0.15) is 32.3 Å². The van der Waals surface area contributed by atoms with Crippen LogP contribution in [-0.4, -0.2) is 21.6 Å². The van der Waals surface area contributed by atoms with Gasteiger partial charge in [-0.05, 0) is 38.0 Å². The first-order valence-electron chi connectivity index (χ1n) is 6.07. The Bertz CT molecular complexity index is 497. The van der Waals surface area contributed by atoms with Crippen molar-refractivity contribution in [3.05, 3.63) is 23.8 Å². The predicted molar refractivity (Wildman–Crippen MR) is 72.4 cm³/mol. The van der Waals surface area contributed by atoms with Crippen molar-refractivity contribution in [2.24, 2.45) is 0 Å². The van der Waals surface area contributed by atoms with E-state index >= 15 is 0 Å². The average Bonchev–Trinajstić information content (AvgIpc) is 2.28. The van der Waals surface area contributed by atoms with E-state index in [0.717, 1.165) is 18.4 Å². The molecule has 0 aliphatic heterocycles. The number of rotatable bonds is 6. The smallest absolute Gasteiger partial charge is 0.244 e. The van der Waals surface area contributed by atoms with Gasteiger partial charge in [-0.1, -0.05) is 19.4 Å². The van der Waals surface area contributed by atoms with Crippen molar-refractivity contribution in [2.75, 3.05) is 7.11 Å². The molecule has 1 rings (SSSR count). The number of ether oxygens (including phenoxy) is 1. The van der Waals surface area contributed by atoms with E-state index in [9.17, 15) is 8.42 Å². The highest BCUT2D eigenvalue weighted by molar-refractivity contribution is 7.89. The number of nitrogens with one attached hydrogen (secondary N) is 1. The maximum atomic E-state index is 12.3. The number of sulfonamides is 1. The monoisotopic (exact) mass is 271 g/mol. The molecular weight excluding hydrogens is 250 g/mol. The summed E-state index contributed by atoms with van der Waals surface area (Å²) in [5.74, 6) is 0.372. The standard InChI is InChI=1S/C13H21NO3S/c1-5-6-11(3)14-18(15,16)13-9-10(2)7-8-12(13)17-4/h7-9,11,14H,5-6H2,1-4H3/t11-/m1/s1. The molecule has 0 aliphatic rings. The van der Waals surface area contributed by atoms with Gasteiger partial charge in [-0.3, -0.25) is 0 Å². The van der Waals surface area contributed by atoms with Crippen molar-refractivity contribution in [3.8, 4) is 5.75 Å². The van der Waals surface area contributed by atoms with Gasteiger partial charge in [-0.15, -0.1) is 0 Å². The summed E-state index contributed by atoms with van der Waals surface area (Å²) in [4.78, 5) is 0.202. The van der Waals surface area contributed by atoms with E-state index < -0.39 is 10.0 Å². The minimum absolute atomic E-state index is 0.0785. The van der Waals surface area contributed by atoms with Crippen molar-refractivity contribution in [3.63, 3.8) is 0 Å². The van der Waals surface area contributed by atoms with Gasteiger partial charge in [0.15, 0.2) is 0 Å². The summed E-state index contributed by atoms with van der Waals surface area (Å²) in [7, 11) is -2.05. The first-order chi connectivity index (χ1) is 8.40. The van der Waals surface area contributed by atoms with Crippen LogP contribution >= 0.6 is 0 Å². The lowest BCUT2D eigenvalue weighted by Gasteiger charge is -2.15. The van der Waals surface area contributed by atoms with Crippen LogP contribution in [0.3, 0.4) is 0 Å². The lowest BCUT2D eigenvalue weighted by molar-refractivity contribution is 0.401. The second-order valence-corrected chi connectivity index (χ2v) is 6.15. The third-order valence-corrected chi connectivity index (χ3v) is 4.30. The minimum Gasteiger partial charge on any atom is -0.495 e. The molecule has 0 saturated heterocycles. The molecule has 1 aromatic rings. The van der Waals surface area contributed by atoms with Crippen LogP contribution in [0.15, 0.2) is 23.1 Å². The molecule has 4 nitrogen and oxygen atoms in total. The van der Waals surface area contributed by atoms with Crippen molar-refractivity contribution in [1.82, 2.24) is 4.72 Å². The first kappa shape index (κ1) is 15.0. The summed E-state index contributed by atoms with van der Waals surface area (Å²) in [6, 6.07) is 5.05. The maximum absolute atomic E-state index is 12.3. The molecule has 1 aromatic carbocycles. The van der Waals surface area contributed by atoms with Crippen LogP contribution < -0.4 is 9.46 Å². The Labute approximate surface area is 109 Å². The lowest BCUT2D eigenvalue weighted by atomic mass is 10.2. The Morgan fingerprint density at radius 3 is 2.61 bits per heavy atom. The Morgan fingerprint density at radius 1 is 1.39 bits per heavy atom. The third kappa shape index (κ3) is 3.71. The van der Waals surface area contributed by atoms with Gasteiger partial charge in [0.1, 0.15) is 10.6 Å². The van der Waals surface area contributed by atoms with Gasteiger partial charge in [0, 0.05) is 6.04 Å². The summed E-state index contributed by atoms with van der Waals surface area (Å²) >= 11 is 0. The molecule has 0 fully saturated rings. The van der Waals surface area contributed by atoms with E-state index in [1.54, 1.807) is 12.1 Å². The van der Waals surface area contributed by atoms with Crippen molar-refractivity contribution >= 4 is 10.0 Å². The van der Waals surface area contributed by atoms with Gasteiger partial charge in [-0.25, -0.2) is 13.1 Å². The van der Waals surface area contributed by atoms with E-state index in [0.29, 0.717) is 5.75 Å². The highest BCUT2D eigenvalue weighted by Gasteiger charge is 2.21. The molecule has 1 atom stereocenters. The van der Waals surface area contributed by atoms with Crippen LogP contribution in [0, 0.1) is 6.92 Å². The van der Waals surface area contributed by atoms with Crippen LogP contribution in [0.2, 0.25) is 0 Å². The van der Waals surface area contributed by atoms with Crippen molar-refractivity contribution in [1.29, 1.82) is 0 Å². The summed E-state index contributed by atoms with van der Waals surface area (Å²) in [6.07, 6.45) is 1.75. The Morgan fingerprint density at radius 2 is 2.06 bits per heavy atom. The van der Waals surface area contributed by atoms with Crippen LogP contribution in [0.4, 0.5) is 0 Å². The third-order valence-electron chi connectivity index (χ3n) is 2.69. The molecular formula is C13H21NO3S. The number of benzene rings is 1. The van der Waals surface area contributed by atoms with Gasteiger partial charge in [-0.2, -0.15) is 0 Å². The second kappa shape index (κ2) is 6.20. The topological polar surface area (TPSA) is 55.4 Å². The van der Waals surface area contributed by atoms with Gasteiger partial charge >= 0.3 is 0 Å². The van der Waals surface area contributed by atoms with E-state index in [1.807, 2.05) is 26.8 Å². The first-order valence-corrected chi connectivity index (χ1v) is 7.56. The van der Waals surface area contributed by atoms with Crippen LogP contribution in [0.5, 0.6) is 5.75 Å². The summed E-state index contributed by atoms with van der Waals surface area (Å²) in [5.41, 5.74) is 0.888. The molecule has 102 valence electrons. The minimum atomic E-state index is -3.52. The average molecular weight is 271 g/mol. The molecule has 0 spiro atoms. The molecule has 0 radical (unpaired) electrons. The fourth-order valence-corrected chi connectivity index (χ4v) is 3.35. The normalized spacial score (nSPS) is 13.3. The molecule has 0 saturated carbocycles. The van der Waals surface area contributed by atoms with E-state index in [1.165, 1.54) is 7.11 Å². The van der Waals surface area contributed by atoms with E-state index in [4.69, 9.17) is 4.74 Å². The molecule has 0 unspecified atom stereocenters. The Hall–Kier alpha value is -1.07. The Kier molecular flexibility index (Phi) is 5.16. The number of hydrogen-bond donors (Lipinski definition) is 1. The quantitative estimate of drug-likeness (QED) is 0.864. The SMILES string of the molecule is CCC[C@@H](C)NS(=O)(=O)c1cc(C)ccc1OC. The molecule has 0 bridgehead atoms. The highest BCUT2D eigenvalue weighted by atomic mass is 32.2. The summed E-state index contributed by atoms with van der Waals surface area (Å²) in [5, 5.41) is 0. The Balaban J connectivity index is 3.07. The van der Waals surface area contributed by atoms with Crippen molar-refractivity contribution in [2.45, 2.75) is 44.6 Å². The summed E-state index contributed by atoms with van der Waals surface area (Å²) < 4.78 is 32.3. The molecule has 0 heterocycles. The van der Waals surface area contributed by atoms with E-state index in [-0.39, 0.29) is 10.9 Å². The van der Waals surface area contributed by atoms with Crippen molar-refractivity contribution < 1.29 is 13.2 Å². The molecule has 0 aromatic heterocycles. The number of hydrogen-bond acceptors (Lipinski definition) is 3. The van der Waals surface area contributed by atoms with Gasteiger partial charge in [0.05, 0.1) is 7.11 Å². The molecule has 0 aliphatic carbocycles. The molecule has 1 N–H and O–H groups in total. The molecule has 5 heteroatoms. The molecule has 18 heavy (non-hydrogen) atoms. The van der Waals surface area contributed by atoms with Crippen LogP contribution in [-0.2, 0) is 10.0 Å². The fourth-order valence-electron chi connectivity index (χ4n) is 1.81. The zero-order valence-corrected chi connectivity index (χ0v) is 12.2. The zero-order chi connectivity index (χ0) is 13.8. The van der Waals surface area contributed by atoms with Gasteiger partial charge < -0.3 is 4.74 Å². The largest absolute Gasteiger partial charge is 0.495 e. The second-order valence-electron chi connectivity index (χ2n) is 4.47.